The standard InChI is InChI=1S/C22H26N6O4/c1-31-18-8-6-16(7-9-18)24-20(30)14-28-13-17(12-23-28)25-19(29)10-11-21-26-22(27-32-21)15-4-2-3-5-15/h6-9,12-13,15H,2-5,10-11,14H2,1H3,(H,24,30)(H,25,29). The van der Waals surface area contributed by atoms with Gasteiger partial charge < -0.3 is 19.9 Å². The van der Waals surface area contributed by atoms with Crippen molar-refractivity contribution in [3.63, 3.8) is 0 Å². The van der Waals surface area contributed by atoms with Crippen molar-refractivity contribution in [3.8, 4) is 5.75 Å². The number of nitrogens with one attached hydrogen (secondary N) is 2. The summed E-state index contributed by atoms with van der Waals surface area (Å²) in [6.07, 6.45) is 8.31. The van der Waals surface area contributed by atoms with Gasteiger partial charge in [0.25, 0.3) is 0 Å². The first-order valence-corrected chi connectivity index (χ1v) is 10.7. The summed E-state index contributed by atoms with van der Waals surface area (Å²) in [5.41, 5.74) is 1.18. The zero-order valence-corrected chi connectivity index (χ0v) is 17.9. The van der Waals surface area contributed by atoms with E-state index in [9.17, 15) is 9.59 Å². The SMILES string of the molecule is COc1ccc(NC(=O)Cn2cc(NC(=O)CCc3nc(C4CCCC4)no3)cn2)cc1. The number of carbonyl (C=O) groups excluding carboxylic acids is 2. The first kappa shape index (κ1) is 21.5. The molecule has 1 fully saturated rings. The average Bonchev–Trinajstić information content (AvgIpc) is 3.55. The quantitative estimate of drug-likeness (QED) is 0.526. The normalized spacial score (nSPS) is 13.8. The molecule has 0 saturated heterocycles. The average molecular weight is 438 g/mol. The van der Waals surface area contributed by atoms with Gasteiger partial charge in [0.2, 0.25) is 17.7 Å². The minimum atomic E-state index is -0.231. The predicted molar refractivity (Wildman–Crippen MR) is 116 cm³/mol. The van der Waals surface area contributed by atoms with Gasteiger partial charge in [-0.15, -0.1) is 0 Å². The van der Waals surface area contributed by atoms with Crippen LogP contribution in [-0.4, -0.2) is 38.8 Å². The number of ether oxygens (including phenoxy) is 1. The molecular weight excluding hydrogens is 412 g/mol. The topological polar surface area (TPSA) is 124 Å². The highest BCUT2D eigenvalue weighted by Crippen LogP contribution is 2.32. The van der Waals surface area contributed by atoms with E-state index in [0.717, 1.165) is 18.7 Å². The van der Waals surface area contributed by atoms with Gasteiger partial charge in [-0.2, -0.15) is 10.1 Å². The van der Waals surface area contributed by atoms with Crippen LogP contribution in [0, 0.1) is 0 Å². The zero-order valence-electron chi connectivity index (χ0n) is 17.9. The maximum Gasteiger partial charge on any atom is 0.246 e. The van der Waals surface area contributed by atoms with Gasteiger partial charge in [-0.3, -0.25) is 14.3 Å². The third kappa shape index (κ3) is 5.71. The van der Waals surface area contributed by atoms with Crippen LogP contribution in [-0.2, 0) is 22.6 Å². The largest absolute Gasteiger partial charge is 0.497 e. The summed E-state index contributed by atoms with van der Waals surface area (Å²) in [7, 11) is 1.58. The highest BCUT2D eigenvalue weighted by atomic mass is 16.5. The first-order valence-electron chi connectivity index (χ1n) is 10.7. The van der Waals surface area contributed by atoms with E-state index in [1.54, 1.807) is 37.6 Å². The molecule has 1 saturated carbocycles. The van der Waals surface area contributed by atoms with Crippen molar-refractivity contribution in [2.75, 3.05) is 17.7 Å². The zero-order chi connectivity index (χ0) is 22.3. The maximum absolute atomic E-state index is 12.2. The summed E-state index contributed by atoms with van der Waals surface area (Å²) in [5.74, 6) is 1.91. The molecule has 168 valence electrons. The van der Waals surface area contributed by atoms with Crippen molar-refractivity contribution in [1.82, 2.24) is 19.9 Å². The lowest BCUT2D eigenvalue weighted by Gasteiger charge is -2.06. The molecule has 10 nitrogen and oxygen atoms in total. The van der Waals surface area contributed by atoms with Gasteiger partial charge in [0.05, 0.1) is 19.0 Å². The van der Waals surface area contributed by atoms with Crippen molar-refractivity contribution >= 4 is 23.2 Å². The van der Waals surface area contributed by atoms with Crippen molar-refractivity contribution in [2.45, 2.75) is 51.0 Å². The Hall–Kier alpha value is -3.69. The molecule has 0 radical (unpaired) electrons. The molecule has 2 heterocycles. The fourth-order valence-electron chi connectivity index (χ4n) is 3.70. The molecule has 0 bridgehead atoms. The lowest BCUT2D eigenvalue weighted by molar-refractivity contribution is -0.117. The molecule has 3 aromatic rings. The number of rotatable bonds is 9. The Balaban J connectivity index is 1.21. The molecule has 0 spiro atoms. The molecule has 4 rings (SSSR count). The number of methoxy groups -OCH3 is 1. The smallest absolute Gasteiger partial charge is 0.246 e. The number of hydrogen-bond donors (Lipinski definition) is 2. The van der Waals surface area contributed by atoms with Crippen LogP contribution in [0.25, 0.3) is 0 Å². The predicted octanol–water partition coefficient (Wildman–Crippen LogP) is 3.14. The maximum atomic E-state index is 12.2. The van der Waals surface area contributed by atoms with E-state index in [1.165, 1.54) is 23.7 Å². The first-order chi connectivity index (χ1) is 15.6. The van der Waals surface area contributed by atoms with Gasteiger partial charge in [0.1, 0.15) is 12.3 Å². The van der Waals surface area contributed by atoms with Crippen LogP contribution in [0.2, 0.25) is 0 Å². The second-order valence-corrected chi connectivity index (χ2v) is 7.78. The third-order valence-electron chi connectivity index (χ3n) is 5.37. The highest BCUT2D eigenvalue weighted by Gasteiger charge is 2.22. The number of aromatic nitrogens is 4. The van der Waals surface area contributed by atoms with E-state index < -0.39 is 0 Å². The Morgan fingerprint density at radius 2 is 1.88 bits per heavy atom. The van der Waals surface area contributed by atoms with E-state index in [2.05, 4.69) is 25.9 Å². The van der Waals surface area contributed by atoms with Gasteiger partial charge in [-0.05, 0) is 37.1 Å². The number of carbonyl (C=O) groups is 2. The molecule has 1 aromatic carbocycles. The number of amides is 2. The molecule has 0 unspecified atom stereocenters. The monoisotopic (exact) mass is 438 g/mol. The van der Waals surface area contributed by atoms with Crippen molar-refractivity contribution in [3.05, 3.63) is 48.4 Å². The molecular formula is C22H26N6O4. The van der Waals surface area contributed by atoms with Gasteiger partial charge in [-0.1, -0.05) is 18.0 Å². The number of benzene rings is 1. The van der Waals surface area contributed by atoms with Crippen LogP contribution in [0.15, 0.2) is 41.2 Å². The number of anilines is 2. The van der Waals surface area contributed by atoms with Gasteiger partial charge in [0.15, 0.2) is 5.82 Å². The molecule has 10 heteroatoms. The van der Waals surface area contributed by atoms with Crippen LogP contribution < -0.4 is 15.4 Å². The van der Waals surface area contributed by atoms with Crippen LogP contribution >= 0.6 is 0 Å². The van der Waals surface area contributed by atoms with E-state index in [4.69, 9.17) is 9.26 Å². The van der Waals surface area contributed by atoms with Gasteiger partial charge >= 0.3 is 0 Å². The summed E-state index contributed by atoms with van der Waals surface area (Å²) >= 11 is 0. The van der Waals surface area contributed by atoms with Gasteiger partial charge in [-0.25, -0.2) is 0 Å². The second-order valence-electron chi connectivity index (χ2n) is 7.78. The minimum absolute atomic E-state index is 0.0217. The molecule has 0 aliphatic heterocycles. The van der Waals surface area contributed by atoms with E-state index in [1.807, 2.05) is 0 Å². The Kier molecular flexibility index (Phi) is 6.78. The Labute approximate surface area is 185 Å². The van der Waals surface area contributed by atoms with E-state index >= 15 is 0 Å². The summed E-state index contributed by atoms with van der Waals surface area (Å²) in [6, 6.07) is 7.04. The fourth-order valence-corrected chi connectivity index (χ4v) is 3.70. The van der Waals surface area contributed by atoms with Crippen LogP contribution in [0.1, 0.15) is 49.7 Å². The summed E-state index contributed by atoms with van der Waals surface area (Å²) in [6.45, 7) is 0.0217. The highest BCUT2D eigenvalue weighted by molar-refractivity contribution is 5.91. The van der Waals surface area contributed by atoms with Crippen LogP contribution in [0.4, 0.5) is 11.4 Å². The number of nitrogens with zero attached hydrogens (tertiary/aromatic N) is 4. The molecule has 2 aromatic heterocycles. The lowest BCUT2D eigenvalue weighted by Crippen LogP contribution is -2.19. The summed E-state index contributed by atoms with van der Waals surface area (Å²) in [5, 5.41) is 13.7. The molecule has 2 N–H and O–H groups in total. The van der Waals surface area contributed by atoms with E-state index in [-0.39, 0.29) is 24.8 Å². The molecule has 32 heavy (non-hydrogen) atoms. The molecule has 2 amide bonds. The van der Waals surface area contributed by atoms with Crippen LogP contribution in [0.5, 0.6) is 5.75 Å². The van der Waals surface area contributed by atoms with Crippen molar-refractivity contribution < 1.29 is 18.8 Å². The Morgan fingerprint density at radius 3 is 2.62 bits per heavy atom. The van der Waals surface area contributed by atoms with Crippen LogP contribution in [0.3, 0.4) is 0 Å². The summed E-state index contributed by atoms with van der Waals surface area (Å²) in [4.78, 5) is 28.9. The van der Waals surface area contributed by atoms with E-state index in [0.29, 0.717) is 35.4 Å². The summed E-state index contributed by atoms with van der Waals surface area (Å²) < 4.78 is 11.8. The second kappa shape index (κ2) is 10.1. The van der Waals surface area contributed by atoms with Crippen molar-refractivity contribution in [2.24, 2.45) is 0 Å². The number of hydrogen-bond acceptors (Lipinski definition) is 7. The minimum Gasteiger partial charge on any atom is -0.497 e. The Morgan fingerprint density at radius 1 is 1.12 bits per heavy atom. The third-order valence-corrected chi connectivity index (χ3v) is 5.37. The van der Waals surface area contributed by atoms with Crippen molar-refractivity contribution in [1.29, 1.82) is 0 Å². The molecule has 1 aliphatic rings. The fraction of sp³-hybridized carbons (Fsp3) is 0.409. The molecule has 0 atom stereocenters. The molecule has 1 aliphatic carbocycles. The van der Waals surface area contributed by atoms with Gasteiger partial charge in [0, 0.05) is 30.6 Å². The lowest BCUT2D eigenvalue weighted by atomic mass is 10.1. The number of aryl methyl sites for hydroxylation is 1. The Bertz CT molecular complexity index is 1050.